The summed E-state index contributed by atoms with van der Waals surface area (Å²) in [6.45, 7) is 3.75. The van der Waals surface area contributed by atoms with Crippen LogP contribution in [0.25, 0.3) is 16.5 Å². The van der Waals surface area contributed by atoms with Crippen LogP contribution in [0.1, 0.15) is 19.4 Å². The molecule has 120 valence electrons. The van der Waals surface area contributed by atoms with Crippen LogP contribution in [0.2, 0.25) is 5.02 Å². The third kappa shape index (κ3) is 3.31. The number of carbonyl (C=O) groups is 1. The van der Waals surface area contributed by atoms with Gasteiger partial charge in [0, 0.05) is 22.2 Å². The minimum absolute atomic E-state index is 0.138. The average Bonchev–Trinajstić information content (AvgIpc) is 2.61. The minimum Gasteiger partial charge on any atom is -0.320 e. The van der Waals surface area contributed by atoms with Crippen LogP contribution in [0.4, 0.5) is 5.69 Å². The smallest absolute Gasteiger partial charge is 0.251 e. The highest BCUT2D eigenvalue weighted by Gasteiger charge is 2.11. The molecule has 0 radical (unpaired) electrons. The van der Waals surface area contributed by atoms with Gasteiger partial charge in [0.25, 0.3) is 5.91 Å². The number of para-hydroxylation sites is 1. The van der Waals surface area contributed by atoms with E-state index in [4.69, 9.17) is 11.6 Å². The number of allylic oxidation sites excluding steroid dienone is 1. The van der Waals surface area contributed by atoms with Crippen LogP contribution in [0.5, 0.6) is 0 Å². The number of fused-ring (bicyclic) bond motifs is 1. The van der Waals surface area contributed by atoms with E-state index in [1.54, 1.807) is 6.20 Å². The lowest BCUT2D eigenvalue weighted by molar-refractivity contribution is -0.112. The molecule has 0 spiro atoms. The van der Waals surface area contributed by atoms with Gasteiger partial charge in [0.05, 0.1) is 11.2 Å². The monoisotopic (exact) mass is 336 g/mol. The number of pyridine rings is 1. The second-order valence-electron chi connectivity index (χ2n) is 5.59. The SMILES string of the molecule is C/C(C(=O)Nc1cccc2cccnc12)=C(\C)c1ccc(Cl)cc1. The summed E-state index contributed by atoms with van der Waals surface area (Å²) in [5.41, 5.74) is 4.04. The average molecular weight is 337 g/mol. The third-order valence-corrected chi connectivity index (χ3v) is 4.31. The fourth-order valence-electron chi connectivity index (χ4n) is 2.51. The molecule has 2 aromatic carbocycles. The molecule has 0 aliphatic rings. The van der Waals surface area contributed by atoms with E-state index >= 15 is 0 Å². The maximum atomic E-state index is 12.6. The van der Waals surface area contributed by atoms with E-state index in [0.717, 1.165) is 22.0 Å². The van der Waals surface area contributed by atoms with Gasteiger partial charge in [-0.25, -0.2) is 0 Å². The van der Waals surface area contributed by atoms with Crippen molar-refractivity contribution in [2.45, 2.75) is 13.8 Å². The summed E-state index contributed by atoms with van der Waals surface area (Å²) in [5, 5.41) is 4.63. The maximum absolute atomic E-state index is 12.6. The lowest BCUT2D eigenvalue weighted by Gasteiger charge is -2.11. The first kappa shape index (κ1) is 16.2. The largest absolute Gasteiger partial charge is 0.320 e. The van der Waals surface area contributed by atoms with Crippen LogP contribution in [0, 0.1) is 0 Å². The van der Waals surface area contributed by atoms with E-state index in [1.807, 2.05) is 68.4 Å². The predicted octanol–water partition coefficient (Wildman–Crippen LogP) is 5.32. The summed E-state index contributed by atoms with van der Waals surface area (Å²) in [5.74, 6) is -0.138. The van der Waals surface area contributed by atoms with E-state index < -0.39 is 0 Å². The van der Waals surface area contributed by atoms with Crippen LogP contribution in [-0.4, -0.2) is 10.9 Å². The standard InChI is InChI=1S/C20H17ClN2O/c1-13(15-8-10-17(21)11-9-15)14(2)20(24)23-18-7-3-5-16-6-4-12-22-19(16)18/h3-12H,1-2H3,(H,23,24)/b14-13-. The number of nitrogens with zero attached hydrogens (tertiary/aromatic N) is 1. The molecule has 0 fully saturated rings. The van der Waals surface area contributed by atoms with Crippen LogP contribution >= 0.6 is 11.6 Å². The number of halogens is 1. The van der Waals surface area contributed by atoms with Crippen molar-refractivity contribution >= 4 is 39.7 Å². The highest BCUT2D eigenvalue weighted by Crippen LogP contribution is 2.24. The molecular formula is C20H17ClN2O. The van der Waals surface area contributed by atoms with Gasteiger partial charge in [0.15, 0.2) is 0 Å². The first-order valence-electron chi connectivity index (χ1n) is 7.65. The lowest BCUT2D eigenvalue weighted by Crippen LogP contribution is -2.14. The molecule has 0 aliphatic heterocycles. The van der Waals surface area contributed by atoms with E-state index in [9.17, 15) is 4.79 Å². The third-order valence-electron chi connectivity index (χ3n) is 4.06. The van der Waals surface area contributed by atoms with Gasteiger partial charge in [-0.3, -0.25) is 9.78 Å². The van der Waals surface area contributed by atoms with Crippen molar-refractivity contribution < 1.29 is 4.79 Å². The molecular weight excluding hydrogens is 320 g/mol. The summed E-state index contributed by atoms with van der Waals surface area (Å²) < 4.78 is 0. The Kier molecular flexibility index (Phi) is 4.63. The van der Waals surface area contributed by atoms with Crippen molar-refractivity contribution in [1.82, 2.24) is 4.98 Å². The fourth-order valence-corrected chi connectivity index (χ4v) is 2.63. The zero-order valence-corrected chi connectivity index (χ0v) is 14.3. The van der Waals surface area contributed by atoms with Crippen molar-refractivity contribution in [3.05, 3.63) is 77.0 Å². The molecule has 1 heterocycles. The van der Waals surface area contributed by atoms with E-state index in [1.165, 1.54) is 0 Å². The second kappa shape index (κ2) is 6.85. The Balaban J connectivity index is 1.90. The normalized spacial score (nSPS) is 12.0. The quantitative estimate of drug-likeness (QED) is 0.658. The Bertz CT molecular complexity index is 925. The molecule has 3 rings (SSSR count). The minimum atomic E-state index is -0.138. The van der Waals surface area contributed by atoms with Crippen LogP contribution in [0.3, 0.4) is 0 Å². The van der Waals surface area contributed by atoms with Crippen LogP contribution in [-0.2, 0) is 4.79 Å². The topological polar surface area (TPSA) is 42.0 Å². The summed E-state index contributed by atoms with van der Waals surface area (Å²) in [6.07, 6.45) is 1.72. The molecule has 0 aliphatic carbocycles. The number of aromatic nitrogens is 1. The molecule has 1 amide bonds. The van der Waals surface area contributed by atoms with Gasteiger partial charge >= 0.3 is 0 Å². The molecule has 24 heavy (non-hydrogen) atoms. The zero-order valence-electron chi connectivity index (χ0n) is 13.5. The van der Waals surface area contributed by atoms with Gasteiger partial charge in [0.1, 0.15) is 0 Å². The van der Waals surface area contributed by atoms with Gasteiger partial charge in [-0.05, 0) is 49.2 Å². The first-order valence-corrected chi connectivity index (χ1v) is 8.02. The van der Waals surface area contributed by atoms with Crippen molar-refractivity contribution in [1.29, 1.82) is 0 Å². The van der Waals surface area contributed by atoms with Gasteiger partial charge < -0.3 is 5.32 Å². The highest BCUT2D eigenvalue weighted by molar-refractivity contribution is 6.30. The fraction of sp³-hybridized carbons (Fsp3) is 0.100. The molecule has 0 saturated carbocycles. The summed E-state index contributed by atoms with van der Waals surface area (Å²) >= 11 is 5.92. The molecule has 4 heteroatoms. The number of nitrogens with one attached hydrogen (secondary N) is 1. The molecule has 1 aromatic heterocycles. The number of carbonyl (C=O) groups excluding carboxylic acids is 1. The Labute approximate surface area is 146 Å². The Hall–Kier alpha value is -2.65. The van der Waals surface area contributed by atoms with E-state index in [2.05, 4.69) is 10.3 Å². The number of amides is 1. The van der Waals surface area contributed by atoms with Gasteiger partial charge in [-0.15, -0.1) is 0 Å². The van der Waals surface area contributed by atoms with E-state index in [-0.39, 0.29) is 5.91 Å². The lowest BCUT2D eigenvalue weighted by atomic mass is 10.0. The molecule has 0 bridgehead atoms. The summed E-state index contributed by atoms with van der Waals surface area (Å²) in [4.78, 5) is 17.0. The number of rotatable bonds is 3. The van der Waals surface area contributed by atoms with Crippen LogP contribution in [0.15, 0.2) is 66.4 Å². The molecule has 1 N–H and O–H groups in total. The van der Waals surface area contributed by atoms with Crippen LogP contribution < -0.4 is 5.32 Å². The van der Waals surface area contributed by atoms with Crippen molar-refractivity contribution in [2.24, 2.45) is 0 Å². The van der Waals surface area contributed by atoms with Gasteiger partial charge in [0.2, 0.25) is 0 Å². The van der Waals surface area contributed by atoms with Crippen molar-refractivity contribution in [2.75, 3.05) is 5.32 Å². The number of hydrogen-bond donors (Lipinski definition) is 1. The van der Waals surface area contributed by atoms with Crippen molar-refractivity contribution in [3.63, 3.8) is 0 Å². The maximum Gasteiger partial charge on any atom is 0.251 e. The zero-order chi connectivity index (χ0) is 17.1. The molecule has 3 nitrogen and oxygen atoms in total. The van der Waals surface area contributed by atoms with E-state index in [0.29, 0.717) is 16.3 Å². The number of anilines is 1. The number of benzene rings is 2. The van der Waals surface area contributed by atoms with Crippen molar-refractivity contribution in [3.8, 4) is 0 Å². The number of hydrogen-bond acceptors (Lipinski definition) is 2. The van der Waals surface area contributed by atoms with Gasteiger partial charge in [-0.1, -0.05) is 41.9 Å². The Morgan fingerprint density at radius 1 is 1.00 bits per heavy atom. The summed E-state index contributed by atoms with van der Waals surface area (Å²) in [7, 11) is 0. The second-order valence-corrected chi connectivity index (χ2v) is 6.03. The molecule has 0 unspecified atom stereocenters. The molecule has 0 atom stereocenters. The Morgan fingerprint density at radius 3 is 2.46 bits per heavy atom. The van der Waals surface area contributed by atoms with Gasteiger partial charge in [-0.2, -0.15) is 0 Å². The summed E-state index contributed by atoms with van der Waals surface area (Å²) in [6, 6.07) is 17.0. The molecule has 3 aromatic rings. The molecule has 0 saturated heterocycles. The predicted molar refractivity (Wildman–Crippen MR) is 100 cm³/mol. The highest BCUT2D eigenvalue weighted by atomic mass is 35.5. The Morgan fingerprint density at radius 2 is 1.71 bits per heavy atom. The first-order chi connectivity index (χ1) is 11.6.